The summed E-state index contributed by atoms with van der Waals surface area (Å²) in [5.41, 5.74) is 1.57. The summed E-state index contributed by atoms with van der Waals surface area (Å²) in [6.07, 6.45) is 4.93. The van der Waals surface area contributed by atoms with Gasteiger partial charge in [0.05, 0.1) is 7.11 Å². The number of methoxy groups -OCH3 is 1. The molecule has 2 N–H and O–H groups in total. The summed E-state index contributed by atoms with van der Waals surface area (Å²) in [6, 6.07) is 16.0. The lowest BCUT2D eigenvalue weighted by Gasteiger charge is -2.20. The van der Waals surface area contributed by atoms with E-state index in [0.717, 1.165) is 16.5 Å². The first-order valence-corrected chi connectivity index (χ1v) is 11.6. The minimum absolute atomic E-state index is 0.0245. The van der Waals surface area contributed by atoms with Crippen molar-refractivity contribution in [1.82, 2.24) is 19.6 Å². The number of carbonyl (C=O) groups is 1. The fourth-order valence-corrected chi connectivity index (χ4v) is 3.91. The molecule has 0 saturated heterocycles. The van der Waals surface area contributed by atoms with Crippen LogP contribution in [0, 0.1) is 0 Å². The van der Waals surface area contributed by atoms with Gasteiger partial charge in [-0.25, -0.2) is 18.1 Å². The topological polar surface area (TPSA) is 102 Å². The van der Waals surface area contributed by atoms with E-state index in [4.69, 9.17) is 4.74 Å². The second kappa shape index (κ2) is 10.7. The predicted molar refractivity (Wildman–Crippen MR) is 123 cm³/mol. The molecule has 3 aromatic rings. The molecule has 1 atom stereocenters. The number of nitrogens with one attached hydrogen (secondary N) is 2. The molecule has 168 valence electrons. The maximum absolute atomic E-state index is 12.6. The van der Waals surface area contributed by atoms with Crippen LogP contribution >= 0.6 is 0 Å². The van der Waals surface area contributed by atoms with E-state index < -0.39 is 16.1 Å². The number of ether oxygens (including phenoxy) is 1. The summed E-state index contributed by atoms with van der Waals surface area (Å²) in [4.78, 5) is 17.0. The maximum Gasteiger partial charge on any atom is 0.233 e. The molecule has 1 unspecified atom stereocenters. The normalized spacial score (nSPS) is 12.6. The van der Waals surface area contributed by atoms with Gasteiger partial charge in [-0.1, -0.05) is 42.5 Å². The van der Waals surface area contributed by atoms with Crippen molar-refractivity contribution in [3.05, 3.63) is 89.4 Å². The molecule has 0 aliphatic heterocycles. The molecule has 9 heteroatoms. The van der Waals surface area contributed by atoms with Crippen LogP contribution in [-0.2, 0) is 21.9 Å². The number of aryl methyl sites for hydroxylation is 1. The summed E-state index contributed by atoms with van der Waals surface area (Å²) >= 11 is 0. The number of sulfonamides is 1. The Hall–Kier alpha value is -3.43. The van der Waals surface area contributed by atoms with Crippen molar-refractivity contribution < 1.29 is 17.9 Å². The Morgan fingerprint density at radius 3 is 2.66 bits per heavy atom. The van der Waals surface area contributed by atoms with Gasteiger partial charge in [0.15, 0.2) is 0 Å². The third kappa shape index (κ3) is 6.53. The van der Waals surface area contributed by atoms with E-state index in [9.17, 15) is 13.2 Å². The number of benzene rings is 2. The molecule has 0 spiro atoms. The maximum atomic E-state index is 12.6. The smallest absolute Gasteiger partial charge is 0.233 e. The second-order valence-electron chi connectivity index (χ2n) is 7.08. The van der Waals surface area contributed by atoms with Gasteiger partial charge in [0.25, 0.3) is 0 Å². The van der Waals surface area contributed by atoms with Gasteiger partial charge < -0.3 is 14.6 Å². The van der Waals surface area contributed by atoms with Crippen molar-refractivity contribution in [3.63, 3.8) is 0 Å². The third-order valence-electron chi connectivity index (χ3n) is 4.74. The highest BCUT2D eigenvalue weighted by molar-refractivity contribution is 7.92. The van der Waals surface area contributed by atoms with E-state index in [2.05, 4.69) is 15.0 Å². The Labute approximate surface area is 188 Å². The molecule has 0 aliphatic carbocycles. The van der Waals surface area contributed by atoms with E-state index >= 15 is 0 Å². The van der Waals surface area contributed by atoms with Crippen molar-refractivity contribution in [2.45, 2.75) is 12.5 Å². The van der Waals surface area contributed by atoms with E-state index in [1.807, 2.05) is 54.1 Å². The number of carbonyl (C=O) groups excluding carboxylic acids is 1. The van der Waals surface area contributed by atoms with Crippen LogP contribution in [0.2, 0.25) is 0 Å². The minimum Gasteiger partial charge on any atom is -0.497 e. The fraction of sp³-hybridized carbons (Fsp3) is 0.217. The molecule has 0 fully saturated rings. The van der Waals surface area contributed by atoms with E-state index in [-0.39, 0.29) is 18.9 Å². The van der Waals surface area contributed by atoms with Gasteiger partial charge >= 0.3 is 0 Å². The van der Waals surface area contributed by atoms with Crippen LogP contribution in [0.4, 0.5) is 0 Å². The van der Waals surface area contributed by atoms with Crippen molar-refractivity contribution in [2.24, 2.45) is 7.05 Å². The van der Waals surface area contributed by atoms with Crippen LogP contribution in [0.5, 0.6) is 5.75 Å². The van der Waals surface area contributed by atoms with Gasteiger partial charge in [0.2, 0.25) is 15.9 Å². The molecule has 1 amide bonds. The number of aromatic nitrogens is 2. The summed E-state index contributed by atoms with van der Waals surface area (Å²) < 4.78 is 33.9. The molecule has 1 heterocycles. The number of amides is 1. The van der Waals surface area contributed by atoms with E-state index in [1.165, 1.54) is 6.08 Å². The van der Waals surface area contributed by atoms with Crippen LogP contribution in [0.1, 0.15) is 29.4 Å². The number of hydrogen-bond donors (Lipinski definition) is 2. The molecular weight excluding hydrogens is 428 g/mol. The Morgan fingerprint density at radius 2 is 1.97 bits per heavy atom. The predicted octanol–water partition coefficient (Wildman–Crippen LogP) is 2.61. The first-order valence-electron chi connectivity index (χ1n) is 10.0. The largest absolute Gasteiger partial charge is 0.497 e. The van der Waals surface area contributed by atoms with Crippen molar-refractivity contribution >= 4 is 22.0 Å². The molecule has 0 saturated carbocycles. The number of nitrogens with zero attached hydrogens (tertiary/aromatic N) is 2. The highest BCUT2D eigenvalue weighted by Gasteiger charge is 2.21. The molecule has 32 heavy (non-hydrogen) atoms. The lowest BCUT2D eigenvalue weighted by molar-refractivity contribution is -0.121. The fourth-order valence-electron chi connectivity index (χ4n) is 3.09. The van der Waals surface area contributed by atoms with Crippen molar-refractivity contribution in [2.75, 3.05) is 13.7 Å². The number of rotatable bonds is 10. The SMILES string of the molecule is COc1cccc(C(NC(=O)CCNS(=O)(=O)/C=C/c2ccccc2)c2nccn2C)c1. The zero-order valence-corrected chi connectivity index (χ0v) is 18.7. The molecule has 1 aromatic heterocycles. The van der Waals surface area contributed by atoms with Gasteiger partial charge in [-0.3, -0.25) is 4.79 Å². The molecular formula is C23H26N4O4S. The van der Waals surface area contributed by atoms with E-state index in [0.29, 0.717) is 11.6 Å². The Bertz CT molecular complexity index is 1170. The summed E-state index contributed by atoms with van der Waals surface area (Å²) in [7, 11) is -0.241. The molecule has 0 aliphatic rings. The highest BCUT2D eigenvalue weighted by atomic mass is 32.2. The second-order valence-corrected chi connectivity index (χ2v) is 8.73. The lowest BCUT2D eigenvalue weighted by atomic mass is 10.1. The average molecular weight is 455 g/mol. The van der Waals surface area contributed by atoms with Crippen LogP contribution in [0.25, 0.3) is 6.08 Å². The van der Waals surface area contributed by atoms with Crippen LogP contribution in [-0.4, -0.2) is 37.5 Å². The quantitative estimate of drug-likeness (QED) is 0.490. The molecule has 0 radical (unpaired) electrons. The van der Waals surface area contributed by atoms with Crippen molar-refractivity contribution in [3.8, 4) is 5.75 Å². The van der Waals surface area contributed by atoms with Gasteiger partial charge in [0, 0.05) is 37.8 Å². The Morgan fingerprint density at radius 1 is 1.19 bits per heavy atom. The third-order valence-corrected chi connectivity index (χ3v) is 5.84. The molecule has 2 aromatic carbocycles. The zero-order valence-electron chi connectivity index (χ0n) is 17.9. The number of hydrogen-bond acceptors (Lipinski definition) is 5. The highest BCUT2D eigenvalue weighted by Crippen LogP contribution is 2.24. The summed E-state index contributed by atoms with van der Waals surface area (Å²) in [5.74, 6) is 1.00. The van der Waals surface area contributed by atoms with Crippen LogP contribution in [0.3, 0.4) is 0 Å². The minimum atomic E-state index is -3.66. The Kier molecular flexibility index (Phi) is 7.80. The lowest BCUT2D eigenvalue weighted by Crippen LogP contribution is -2.34. The van der Waals surface area contributed by atoms with Gasteiger partial charge in [0.1, 0.15) is 17.6 Å². The van der Waals surface area contributed by atoms with Crippen LogP contribution < -0.4 is 14.8 Å². The Balaban J connectivity index is 1.63. The zero-order chi connectivity index (χ0) is 23.0. The first kappa shape index (κ1) is 23.2. The van der Waals surface area contributed by atoms with Gasteiger partial charge in [-0.15, -0.1) is 0 Å². The first-order chi connectivity index (χ1) is 15.4. The average Bonchev–Trinajstić information content (AvgIpc) is 3.22. The molecule has 0 bridgehead atoms. The summed E-state index contributed by atoms with van der Waals surface area (Å²) in [6.45, 7) is -0.0291. The molecule has 3 rings (SSSR count). The van der Waals surface area contributed by atoms with Gasteiger partial charge in [-0.05, 0) is 29.3 Å². The van der Waals surface area contributed by atoms with E-state index in [1.54, 1.807) is 31.6 Å². The van der Waals surface area contributed by atoms with Gasteiger partial charge in [-0.2, -0.15) is 0 Å². The van der Waals surface area contributed by atoms with Crippen molar-refractivity contribution in [1.29, 1.82) is 0 Å². The summed E-state index contributed by atoms with van der Waals surface area (Å²) in [5, 5.41) is 4.03. The monoisotopic (exact) mass is 454 g/mol. The van der Waals surface area contributed by atoms with Crippen LogP contribution in [0.15, 0.2) is 72.4 Å². The number of imidazole rings is 1. The standard InChI is InChI=1S/C23H26N4O4S/c1-27-15-14-24-23(27)22(19-9-6-10-20(17-19)31-2)26-21(28)11-13-25-32(29,30)16-12-18-7-4-3-5-8-18/h3-10,12,14-17,22,25H,11,13H2,1-2H3,(H,26,28)/b16-12+. The molecule has 8 nitrogen and oxygen atoms in total.